The number of benzene rings is 2. The molecule has 0 saturated heterocycles. The Morgan fingerprint density at radius 2 is 1.90 bits per heavy atom. The summed E-state index contributed by atoms with van der Waals surface area (Å²) >= 11 is 0. The second-order valence-corrected chi connectivity index (χ2v) is 6.51. The van der Waals surface area contributed by atoms with Crippen LogP contribution in [0.4, 0.5) is 0 Å². The molecule has 29 heavy (non-hydrogen) atoms. The van der Waals surface area contributed by atoms with Crippen LogP contribution in [0, 0.1) is 13.8 Å². The van der Waals surface area contributed by atoms with Crippen LogP contribution in [0.15, 0.2) is 58.0 Å². The quantitative estimate of drug-likeness (QED) is 0.467. The molecule has 0 unspecified atom stereocenters. The van der Waals surface area contributed by atoms with Crippen molar-refractivity contribution < 1.29 is 23.8 Å². The number of hydrogen-bond acceptors (Lipinski definition) is 6. The number of carbonyl (C=O) groups excluding carboxylic acids is 1. The first-order valence-corrected chi connectivity index (χ1v) is 8.95. The molecule has 0 aliphatic heterocycles. The van der Waals surface area contributed by atoms with Gasteiger partial charge in [-0.1, -0.05) is 6.07 Å². The van der Waals surface area contributed by atoms with E-state index in [4.69, 9.17) is 13.9 Å². The Hall–Kier alpha value is -3.74. The Bertz CT molecular complexity index is 1020. The summed E-state index contributed by atoms with van der Waals surface area (Å²) < 4.78 is 16.3. The van der Waals surface area contributed by atoms with Crippen LogP contribution in [0.1, 0.15) is 33.0 Å². The van der Waals surface area contributed by atoms with Crippen LogP contribution < -0.4 is 14.9 Å². The monoisotopic (exact) mass is 394 g/mol. The number of amides is 1. The molecule has 3 rings (SSSR count). The zero-order chi connectivity index (χ0) is 20.8. The van der Waals surface area contributed by atoms with Crippen molar-refractivity contribution >= 4 is 12.1 Å². The first-order chi connectivity index (χ1) is 13.9. The molecule has 0 aliphatic rings. The fourth-order valence-corrected chi connectivity index (χ4v) is 2.74. The van der Waals surface area contributed by atoms with E-state index < -0.39 is 5.91 Å². The number of carbonyl (C=O) groups is 1. The van der Waals surface area contributed by atoms with E-state index in [-0.39, 0.29) is 18.1 Å². The van der Waals surface area contributed by atoms with Crippen LogP contribution in [-0.2, 0) is 6.61 Å². The minimum absolute atomic E-state index is 0.0276. The third-order valence-electron chi connectivity index (χ3n) is 4.05. The highest BCUT2D eigenvalue weighted by molar-refractivity contribution is 5.92. The van der Waals surface area contributed by atoms with E-state index in [9.17, 15) is 9.90 Å². The van der Waals surface area contributed by atoms with E-state index in [1.165, 1.54) is 19.4 Å². The number of phenols is 1. The molecule has 3 aromatic rings. The molecule has 2 aromatic carbocycles. The van der Waals surface area contributed by atoms with Gasteiger partial charge in [-0.25, -0.2) is 5.43 Å². The molecule has 0 spiro atoms. The summed E-state index contributed by atoms with van der Waals surface area (Å²) in [6, 6.07) is 13.9. The molecule has 7 heteroatoms. The SMILES string of the molecule is COc1cc(/C=N/NC(=O)c2ccc(COc3cc(C)cc(C)c3)o2)ccc1O. The number of methoxy groups -OCH3 is 1. The van der Waals surface area contributed by atoms with Crippen LogP contribution in [0.25, 0.3) is 0 Å². The fourth-order valence-electron chi connectivity index (χ4n) is 2.74. The number of rotatable bonds is 7. The predicted octanol–water partition coefficient (Wildman–Crippen LogP) is 3.95. The Balaban J connectivity index is 1.56. The topological polar surface area (TPSA) is 93.3 Å². The van der Waals surface area contributed by atoms with E-state index in [1.807, 2.05) is 26.0 Å². The van der Waals surface area contributed by atoms with Gasteiger partial charge in [0.1, 0.15) is 18.1 Å². The molecule has 0 aliphatic carbocycles. The number of phenolic OH excluding ortho intramolecular Hbond substituents is 1. The number of ether oxygens (including phenoxy) is 2. The molecule has 2 N–H and O–H groups in total. The van der Waals surface area contributed by atoms with Crippen molar-refractivity contribution in [3.05, 3.63) is 76.7 Å². The van der Waals surface area contributed by atoms with E-state index in [1.54, 1.807) is 24.3 Å². The molecule has 150 valence electrons. The van der Waals surface area contributed by atoms with Crippen LogP contribution in [-0.4, -0.2) is 24.3 Å². The lowest BCUT2D eigenvalue weighted by Gasteiger charge is -2.06. The number of hydrazone groups is 1. The molecular weight excluding hydrogens is 372 g/mol. The van der Waals surface area contributed by atoms with Gasteiger partial charge in [-0.15, -0.1) is 0 Å². The molecule has 7 nitrogen and oxygen atoms in total. The van der Waals surface area contributed by atoms with Gasteiger partial charge >= 0.3 is 5.91 Å². The van der Waals surface area contributed by atoms with E-state index in [2.05, 4.69) is 16.6 Å². The van der Waals surface area contributed by atoms with Crippen LogP contribution in [0.2, 0.25) is 0 Å². The summed E-state index contributed by atoms with van der Waals surface area (Å²) in [4.78, 5) is 12.2. The Morgan fingerprint density at radius 1 is 1.14 bits per heavy atom. The highest BCUT2D eigenvalue weighted by Gasteiger charge is 2.11. The zero-order valence-electron chi connectivity index (χ0n) is 16.4. The highest BCUT2D eigenvalue weighted by atomic mass is 16.5. The number of nitrogens with zero attached hydrogens (tertiary/aromatic N) is 1. The lowest BCUT2D eigenvalue weighted by atomic mass is 10.1. The van der Waals surface area contributed by atoms with Gasteiger partial charge < -0.3 is 19.0 Å². The standard InChI is InChI=1S/C22H22N2O5/c1-14-8-15(2)10-18(9-14)28-13-17-5-7-20(29-17)22(26)24-23-12-16-4-6-19(25)21(11-16)27-3/h4-12,25H,13H2,1-3H3,(H,24,26)/b23-12+. The molecular formula is C22H22N2O5. The smallest absolute Gasteiger partial charge is 0.307 e. The maximum atomic E-state index is 12.2. The third-order valence-corrected chi connectivity index (χ3v) is 4.05. The summed E-state index contributed by atoms with van der Waals surface area (Å²) in [6.07, 6.45) is 1.44. The first-order valence-electron chi connectivity index (χ1n) is 8.95. The molecule has 0 fully saturated rings. The van der Waals surface area contributed by atoms with Gasteiger partial charge in [0.05, 0.1) is 13.3 Å². The Labute approximate surface area is 168 Å². The molecule has 1 heterocycles. The minimum Gasteiger partial charge on any atom is -0.504 e. The normalized spacial score (nSPS) is 10.9. The average molecular weight is 394 g/mol. The molecule has 1 aromatic heterocycles. The highest BCUT2D eigenvalue weighted by Crippen LogP contribution is 2.25. The van der Waals surface area contributed by atoms with E-state index in [0.717, 1.165) is 16.9 Å². The van der Waals surface area contributed by atoms with Crippen LogP contribution in [0.3, 0.4) is 0 Å². The number of hydrogen-bond donors (Lipinski definition) is 2. The molecule has 1 amide bonds. The largest absolute Gasteiger partial charge is 0.504 e. The second kappa shape index (κ2) is 8.97. The van der Waals surface area contributed by atoms with Crippen molar-refractivity contribution in [2.45, 2.75) is 20.5 Å². The van der Waals surface area contributed by atoms with Crippen molar-refractivity contribution in [2.75, 3.05) is 7.11 Å². The number of furan rings is 1. The van der Waals surface area contributed by atoms with E-state index in [0.29, 0.717) is 17.1 Å². The Kier molecular flexibility index (Phi) is 6.19. The summed E-state index contributed by atoms with van der Waals surface area (Å²) in [5.41, 5.74) is 5.28. The van der Waals surface area contributed by atoms with Gasteiger partial charge in [0, 0.05) is 0 Å². The Morgan fingerprint density at radius 3 is 2.62 bits per heavy atom. The molecule has 0 radical (unpaired) electrons. The predicted molar refractivity (Wildman–Crippen MR) is 109 cm³/mol. The number of aromatic hydroxyl groups is 1. The van der Waals surface area contributed by atoms with Gasteiger partial charge in [0.15, 0.2) is 17.3 Å². The minimum atomic E-state index is -0.482. The van der Waals surface area contributed by atoms with Crippen molar-refractivity contribution in [3.8, 4) is 17.2 Å². The molecule has 0 bridgehead atoms. The maximum Gasteiger partial charge on any atom is 0.307 e. The second-order valence-electron chi connectivity index (χ2n) is 6.51. The van der Waals surface area contributed by atoms with Gasteiger partial charge in [0.25, 0.3) is 0 Å². The van der Waals surface area contributed by atoms with Crippen molar-refractivity contribution in [1.29, 1.82) is 0 Å². The van der Waals surface area contributed by atoms with Crippen LogP contribution >= 0.6 is 0 Å². The molecule has 0 saturated carbocycles. The maximum absolute atomic E-state index is 12.2. The van der Waals surface area contributed by atoms with Gasteiger partial charge in [-0.3, -0.25) is 4.79 Å². The molecule has 0 atom stereocenters. The van der Waals surface area contributed by atoms with Gasteiger partial charge in [0.2, 0.25) is 0 Å². The van der Waals surface area contributed by atoms with Crippen LogP contribution in [0.5, 0.6) is 17.2 Å². The summed E-state index contributed by atoms with van der Waals surface area (Å²) in [6.45, 7) is 4.22. The summed E-state index contributed by atoms with van der Waals surface area (Å²) in [5.74, 6) is 1.27. The van der Waals surface area contributed by atoms with Crippen molar-refractivity contribution in [2.24, 2.45) is 5.10 Å². The lowest BCUT2D eigenvalue weighted by molar-refractivity contribution is 0.0923. The van der Waals surface area contributed by atoms with Gasteiger partial charge in [-0.2, -0.15) is 5.10 Å². The average Bonchev–Trinajstić information content (AvgIpc) is 3.16. The fraction of sp³-hybridized carbons (Fsp3) is 0.182. The third kappa shape index (κ3) is 5.38. The zero-order valence-corrected chi connectivity index (χ0v) is 16.4. The number of nitrogens with one attached hydrogen (secondary N) is 1. The van der Waals surface area contributed by atoms with Crippen molar-refractivity contribution in [1.82, 2.24) is 5.43 Å². The van der Waals surface area contributed by atoms with E-state index >= 15 is 0 Å². The summed E-state index contributed by atoms with van der Waals surface area (Å²) in [7, 11) is 1.45. The summed E-state index contributed by atoms with van der Waals surface area (Å²) in [5, 5.41) is 13.5. The first kappa shape index (κ1) is 20.0. The number of aryl methyl sites for hydroxylation is 2. The van der Waals surface area contributed by atoms with Gasteiger partial charge in [-0.05, 0) is 73.0 Å². The lowest BCUT2D eigenvalue weighted by Crippen LogP contribution is -2.16. The van der Waals surface area contributed by atoms with Crippen molar-refractivity contribution in [3.63, 3.8) is 0 Å².